The smallest absolute Gasteiger partial charge is 0.421 e. The van der Waals surface area contributed by atoms with Crippen molar-refractivity contribution >= 4 is 6.09 Å². The molecule has 7 heavy (non-hydrogen) atoms. The normalized spacial score (nSPS) is 7.71. The van der Waals surface area contributed by atoms with Crippen LogP contribution in [0.1, 0.15) is 0 Å². The van der Waals surface area contributed by atoms with Crippen molar-refractivity contribution in [2.24, 2.45) is 0 Å². The Hall–Kier alpha value is -0.770. The third-order valence-electron chi connectivity index (χ3n) is 0.412. The maximum atomic E-state index is 10.0. The number of ether oxygens (including phenoxy) is 1. The van der Waals surface area contributed by atoms with Gasteiger partial charge in [0.2, 0.25) is 0 Å². The topological polar surface area (TPSA) is 50.4 Å². The van der Waals surface area contributed by atoms with Gasteiger partial charge in [0.15, 0.2) is 0 Å². The third kappa shape index (κ3) is 3.05. The van der Waals surface area contributed by atoms with Gasteiger partial charge in [0.05, 0.1) is 7.11 Å². The SMILES string of the molecule is CNNC(=O)OC. The average molecular weight is 104 g/mol. The van der Waals surface area contributed by atoms with E-state index in [1.54, 1.807) is 7.05 Å². The van der Waals surface area contributed by atoms with Gasteiger partial charge in [-0.05, 0) is 0 Å². The van der Waals surface area contributed by atoms with Crippen molar-refractivity contribution in [3.8, 4) is 0 Å². The van der Waals surface area contributed by atoms with Crippen LogP contribution in [0.25, 0.3) is 0 Å². The Morgan fingerprint density at radius 2 is 2.29 bits per heavy atom. The van der Waals surface area contributed by atoms with Crippen LogP contribution >= 0.6 is 0 Å². The van der Waals surface area contributed by atoms with Crippen LogP contribution in [0, 0.1) is 0 Å². The molecule has 0 saturated carbocycles. The molecule has 0 unspecified atom stereocenters. The van der Waals surface area contributed by atoms with Crippen molar-refractivity contribution in [2.45, 2.75) is 0 Å². The first-order valence-corrected chi connectivity index (χ1v) is 1.82. The number of methoxy groups -OCH3 is 1. The van der Waals surface area contributed by atoms with Gasteiger partial charge in [-0.1, -0.05) is 0 Å². The van der Waals surface area contributed by atoms with E-state index in [0.717, 1.165) is 0 Å². The molecule has 4 nitrogen and oxygen atoms in total. The maximum absolute atomic E-state index is 10.0. The highest BCUT2D eigenvalue weighted by molar-refractivity contribution is 5.66. The fraction of sp³-hybridized carbons (Fsp3) is 0.667. The van der Waals surface area contributed by atoms with E-state index in [1.807, 2.05) is 0 Å². The Morgan fingerprint density at radius 3 is 2.43 bits per heavy atom. The lowest BCUT2D eigenvalue weighted by atomic mass is 11.2. The summed E-state index contributed by atoms with van der Waals surface area (Å²) in [5, 5.41) is 0. The Bertz CT molecular complexity index is 64.0. The molecule has 0 fully saturated rings. The van der Waals surface area contributed by atoms with Gasteiger partial charge < -0.3 is 4.74 Å². The standard InChI is InChI=1S/C3H8N2O2/c1-4-5-3(6)7-2/h4H,1-2H3,(H,5,6). The minimum atomic E-state index is -0.484. The van der Waals surface area contributed by atoms with Gasteiger partial charge in [0.1, 0.15) is 0 Å². The Labute approximate surface area is 41.8 Å². The Balaban J connectivity index is 3.00. The van der Waals surface area contributed by atoms with Gasteiger partial charge in [0.25, 0.3) is 0 Å². The summed E-state index contributed by atoms with van der Waals surface area (Å²) in [5.41, 5.74) is 4.58. The molecule has 0 aromatic rings. The van der Waals surface area contributed by atoms with Crippen LogP contribution in [0.15, 0.2) is 0 Å². The molecule has 0 spiro atoms. The molecule has 0 aromatic carbocycles. The van der Waals surface area contributed by atoms with E-state index in [0.29, 0.717) is 0 Å². The lowest BCUT2D eigenvalue weighted by Crippen LogP contribution is -2.33. The molecule has 4 heteroatoms. The van der Waals surface area contributed by atoms with E-state index < -0.39 is 6.09 Å². The van der Waals surface area contributed by atoms with Crippen molar-refractivity contribution < 1.29 is 9.53 Å². The zero-order chi connectivity index (χ0) is 5.70. The second kappa shape index (κ2) is 3.42. The first-order valence-electron chi connectivity index (χ1n) is 1.82. The molecule has 0 rings (SSSR count). The fourth-order valence-corrected chi connectivity index (χ4v) is 0.153. The molecule has 0 radical (unpaired) electrons. The number of nitrogens with one attached hydrogen (secondary N) is 2. The van der Waals surface area contributed by atoms with Crippen LogP contribution in [-0.2, 0) is 4.74 Å². The van der Waals surface area contributed by atoms with E-state index in [-0.39, 0.29) is 0 Å². The van der Waals surface area contributed by atoms with Gasteiger partial charge in [0, 0.05) is 7.05 Å². The molecular formula is C3H8N2O2. The molecule has 0 heterocycles. The molecule has 0 atom stereocenters. The minimum Gasteiger partial charge on any atom is -0.452 e. The summed E-state index contributed by atoms with van der Waals surface area (Å²) in [6.07, 6.45) is -0.484. The van der Waals surface area contributed by atoms with Crippen molar-refractivity contribution in [2.75, 3.05) is 14.2 Å². The van der Waals surface area contributed by atoms with E-state index in [2.05, 4.69) is 15.6 Å². The molecule has 1 amide bonds. The summed E-state index contributed by atoms with van der Waals surface area (Å²) < 4.78 is 4.18. The van der Waals surface area contributed by atoms with Crippen molar-refractivity contribution in [1.29, 1.82) is 0 Å². The highest BCUT2D eigenvalue weighted by Crippen LogP contribution is 1.62. The second-order valence-corrected chi connectivity index (χ2v) is 0.867. The summed E-state index contributed by atoms with van der Waals surface area (Å²) in [6, 6.07) is 0. The molecule has 0 aliphatic rings. The average Bonchev–Trinajstić information content (AvgIpc) is 1.68. The molecule has 0 bridgehead atoms. The van der Waals surface area contributed by atoms with E-state index >= 15 is 0 Å². The summed E-state index contributed by atoms with van der Waals surface area (Å²) >= 11 is 0. The highest BCUT2D eigenvalue weighted by Gasteiger charge is 1.89. The molecule has 42 valence electrons. The van der Waals surface area contributed by atoms with Crippen LogP contribution < -0.4 is 10.9 Å². The van der Waals surface area contributed by atoms with Crippen molar-refractivity contribution in [3.63, 3.8) is 0 Å². The summed E-state index contributed by atoms with van der Waals surface area (Å²) in [6.45, 7) is 0. The van der Waals surface area contributed by atoms with Crippen molar-refractivity contribution in [1.82, 2.24) is 10.9 Å². The Kier molecular flexibility index (Phi) is 3.04. The second-order valence-electron chi connectivity index (χ2n) is 0.867. The van der Waals surface area contributed by atoms with Gasteiger partial charge in [-0.2, -0.15) is 0 Å². The van der Waals surface area contributed by atoms with Gasteiger partial charge in [-0.25, -0.2) is 10.2 Å². The molecule has 2 N–H and O–H groups in total. The zero-order valence-electron chi connectivity index (χ0n) is 4.32. The number of carbonyl (C=O) groups is 1. The number of hydrogen-bond acceptors (Lipinski definition) is 3. The summed E-state index contributed by atoms with van der Waals surface area (Å²) in [7, 11) is 2.88. The van der Waals surface area contributed by atoms with Crippen LogP contribution in [0.3, 0.4) is 0 Å². The molecule has 0 aliphatic carbocycles. The number of hydrogen-bond donors (Lipinski definition) is 2. The van der Waals surface area contributed by atoms with Crippen molar-refractivity contribution in [3.05, 3.63) is 0 Å². The molecular weight excluding hydrogens is 96.0 g/mol. The summed E-state index contributed by atoms with van der Waals surface area (Å²) in [5.74, 6) is 0. The largest absolute Gasteiger partial charge is 0.452 e. The van der Waals surface area contributed by atoms with E-state index in [4.69, 9.17) is 0 Å². The van der Waals surface area contributed by atoms with Crippen LogP contribution in [0.5, 0.6) is 0 Å². The van der Waals surface area contributed by atoms with Crippen LogP contribution in [0.2, 0.25) is 0 Å². The van der Waals surface area contributed by atoms with Gasteiger partial charge in [-0.3, -0.25) is 5.43 Å². The third-order valence-corrected chi connectivity index (χ3v) is 0.412. The zero-order valence-corrected chi connectivity index (χ0v) is 4.32. The first-order chi connectivity index (χ1) is 3.31. The molecule has 0 saturated heterocycles. The summed E-state index contributed by atoms with van der Waals surface area (Å²) in [4.78, 5) is 10.0. The monoisotopic (exact) mass is 104 g/mol. The minimum absolute atomic E-state index is 0.484. The van der Waals surface area contributed by atoms with E-state index in [9.17, 15) is 4.79 Å². The molecule has 0 aromatic heterocycles. The number of rotatable bonds is 1. The predicted molar refractivity (Wildman–Crippen MR) is 24.6 cm³/mol. The Morgan fingerprint density at radius 1 is 1.71 bits per heavy atom. The number of amides is 1. The maximum Gasteiger partial charge on any atom is 0.421 e. The first kappa shape index (κ1) is 6.23. The molecule has 0 aliphatic heterocycles. The highest BCUT2D eigenvalue weighted by atomic mass is 16.5. The quantitative estimate of drug-likeness (QED) is 0.440. The number of carbonyl (C=O) groups excluding carboxylic acids is 1. The predicted octanol–water partition coefficient (Wildman–Crippen LogP) is -0.523. The van der Waals surface area contributed by atoms with E-state index in [1.165, 1.54) is 7.11 Å². The lowest BCUT2D eigenvalue weighted by molar-refractivity contribution is 0.167. The number of hydrazine groups is 1. The lowest BCUT2D eigenvalue weighted by Gasteiger charge is -1.96. The van der Waals surface area contributed by atoms with Crippen LogP contribution in [0.4, 0.5) is 4.79 Å². The van der Waals surface area contributed by atoms with Crippen LogP contribution in [-0.4, -0.2) is 20.3 Å². The fourth-order valence-electron chi connectivity index (χ4n) is 0.153. The van der Waals surface area contributed by atoms with Gasteiger partial charge in [-0.15, -0.1) is 0 Å². The van der Waals surface area contributed by atoms with Gasteiger partial charge >= 0.3 is 6.09 Å².